The number of amides is 1. The summed E-state index contributed by atoms with van der Waals surface area (Å²) in [5.74, 6) is 0.277. The second-order valence-electron chi connectivity index (χ2n) is 7.77. The summed E-state index contributed by atoms with van der Waals surface area (Å²) in [6, 6.07) is 0. The molecule has 0 N–H and O–H groups in total. The van der Waals surface area contributed by atoms with Crippen molar-refractivity contribution >= 4 is 23.7 Å². The van der Waals surface area contributed by atoms with Crippen molar-refractivity contribution in [3.05, 3.63) is 0 Å². The van der Waals surface area contributed by atoms with Crippen LogP contribution in [0.25, 0.3) is 0 Å². The van der Waals surface area contributed by atoms with Gasteiger partial charge in [-0.15, -0.1) is 0 Å². The largest absolute Gasteiger partial charge is 0.591 e. The van der Waals surface area contributed by atoms with Crippen LogP contribution in [0.5, 0.6) is 0 Å². The van der Waals surface area contributed by atoms with E-state index in [1.807, 2.05) is 47.8 Å². The third-order valence-corrected chi connectivity index (χ3v) is 4.68. The molecule has 1 aliphatic rings. The lowest BCUT2D eigenvalue weighted by Crippen LogP contribution is -2.37. The second-order valence-corrected chi connectivity index (χ2v) is 9.71. The van der Waals surface area contributed by atoms with Crippen LogP contribution in [0.2, 0.25) is 0 Å². The summed E-state index contributed by atoms with van der Waals surface area (Å²) in [7, 11) is 0. The molecule has 0 aliphatic carbocycles. The van der Waals surface area contributed by atoms with Gasteiger partial charge in [0.2, 0.25) is 0 Å². The highest BCUT2D eigenvalue weighted by atomic mass is 32.2. The Hall–Kier alpha value is -0.750. The van der Waals surface area contributed by atoms with Gasteiger partial charge in [0.1, 0.15) is 21.7 Å². The van der Waals surface area contributed by atoms with Gasteiger partial charge in [-0.25, -0.2) is 4.79 Å². The van der Waals surface area contributed by atoms with Crippen LogP contribution in [-0.2, 0) is 16.1 Å². The highest BCUT2D eigenvalue weighted by Crippen LogP contribution is 2.21. The number of carbonyl (C=O) groups excluding carboxylic acids is 1. The standard InChI is InChI=1S/C16H30N2O3S/c1-15(2,3)21-14(19)18-10-7-8-13(9-11-18)12-17-22(20)16(4,5)6/h12-13H,7-11H2,1-6H3/b17-12+. The lowest BCUT2D eigenvalue weighted by molar-refractivity contribution is 0.0256. The van der Waals surface area contributed by atoms with Crippen LogP contribution in [0.3, 0.4) is 0 Å². The Morgan fingerprint density at radius 1 is 1.23 bits per heavy atom. The number of likely N-dealkylation sites (tertiary alicyclic amines) is 1. The zero-order chi connectivity index (χ0) is 17.0. The lowest BCUT2D eigenvalue weighted by atomic mass is 10.0. The van der Waals surface area contributed by atoms with Crippen LogP contribution in [0.1, 0.15) is 60.8 Å². The van der Waals surface area contributed by atoms with Gasteiger partial charge in [-0.1, -0.05) is 4.40 Å². The van der Waals surface area contributed by atoms with Gasteiger partial charge in [-0.2, -0.15) is 0 Å². The number of nitrogens with zero attached hydrogens (tertiary/aromatic N) is 2. The summed E-state index contributed by atoms with van der Waals surface area (Å²) in [6.45, 7) is 12.7. The Balaban J connectivity index is 2.52. The minimum Gasteiger partial charge on any atom is -0.591 e. The van der Waals surface area contributed by atoms with Crippen LogP contribution >= 0.6 is 0 Å². The number of rotatable bonds is 2. The summed E-state index contributed by atoms with van der Waals surface area (Å²) in [4.78, 5) is 13.9. The monoisotopic (exact) mass is 330 g/mol. The Bertz CT molecular complexity index is 399. The number of hydrogen-bond donors (Lipinski definition) is 0. The molecule has 0 bridgehead atoms. The Morgan fingerprint density at radius 3 is 2.41 bits per heavy atom. The first-order chi connectivity index (χ1) is 9.99. The zero-order valence-electron chi connectivity index (χ0n) is 14.7. The summed E-state index contributed by atoms with van der Waals surface area (Å²) in [5.41, 5.74) is -0.464. The fraction of sp³-hybridized carbons (Fsp3) is 0.875. The van der Waals surface area contributed by atoms with Crippen molar-refractivity contribution < 1.29 is 14.1 Å². The Labute approximate surface area is 137 Å². The molecule has 1 amide bonds. The molecule has 5 nitrogen and oxygen atoms in total. The van der Waals surface area contributed by atoms with E-state index < -0.39 is 17.0 Å². The molecule has 1 saturated heterocycles. The molecule has 22 heavy (non-hydrogen) atoms. The molecule has 6 heteroatoms. The van der Waals surface area contributed by atoms with Crippen LogP contribution < -0.4 is 0 Å². The van der Waals surface area contributed by atoms with E-state index in [4.69, 9.17) is 4.74 Å². The van der Waals surface area contributed by atoms with E-state index in [2.05, 4.69) is 4.40 Å². The molecule has 0 aromatic rings. The smallest absolute Gasteiger partial charge is 0.410 e. The molecule has 128 valence electrons. The summed E-state index contributed by atoms with van der Waals surface area (Å²) in [6.07, 6.45) is 4.29. The van der Waals surface area contributed by atoms with Gasteiger partial charge in [0.05, 0.1) is 6.21 Å². The van der Waals surface area contributed by atoms with Crippen LogP contribution in [0.4, 0.5) is 4.79 Å². The highest BCUT2D eigenvalue weighted by molar-refractivity contribution is 7.91. The van der Waals surface area contributed by atoms with Crippen molar-refractivity contribution in [2.75, 3.05) is 13.1 Å². The van der Waals surface area contributed by atoms with E-state index in [9.17, 15) is 9.35 Å². The van der Waals surface area contributed by atoms with E-state index >= 15 is 0 Å². The average molecular weight is 330 g/mol. The molecule has 1 aliphatic heterocycles. The Kier molecular flexibility index (Phi) is 6.74. The fourth-order valence-electron chi connectivity index (χ4n) is 2.08. The molecule has 2 atom stereocenters. The van der Waals surface area contributed by atoms with Crippen molar-refractivity contribution in [1.82, 2.24) is 4.90 Å². The molecule has 0 aromatic carbocycles. The van der Waals surface area contributed by atoms with Crippen molar-refractivity contribution in [1.29, 1.82) is 0 Å². The lowest BCUT2D eigenvalue weighted by Gasteiger charge is -2.26. The summed E-state index contributed by atoms with van der Waals surface area (Å²) >= 11 is -1.21. The van der Waals surface area contributed by atoms with Gasteiger partial charge >= 0.3 is 6.09 Å². The van der Waals surface area contributed by atoms with E-state index in [-0.39, 0.29) is 16.8 Å². The van der Waals surface area contributed by atoms with Crippen molar-refractivity contribution in [2.24, 2.45) is 10.3 Å². The number of ether oxygens (including phenoxy) is 1. The molecule has 0 radical (unpaired) electrons. The van der Waals surface area contributed by atoms with Crippen molar-refractivity contribution in [3.63, 3.8) is 0 Å². The maximum absolute atomic E-state index is 12.1. The quantitative estimate of drug-likeness (QED) is 0.574. The fourth-order valence-corrected chi connectivity index (χ4v) is 2.68. The first-order valence-corrected chi connectivity index (χ1v) is 9.04. The maximum atomic E-state index is 12.1. The molecule has 1 heterocycles. The van der Waals surface area contributed by atoms with Gasteiger partial charge in [0.15, 0.2) is 0 Å². The predicted molar refractivity (Wildman–Crippen MR) is 91.5 cm³/mol. The molecular weight excluding hydrogens is 300 g/mol. The zero-order valence-corrected chi connectivity index (χ0v) is 15.5. The van der Waals surface area contributed by atoms with E-state index in [0.717, 1.165) is 19.3 Å². The van der Waals surface area contributed by atoms with Gasteiger partial charge in [-0.3, -0.25) is 0 Å². The highest BCUT2D eigenvalue weighted by Gasteiger charge is 2.27. The first-order valence-electron chi connectivity index (χ1n) is 7.93. The summed E-state index contributed by atoms with van der Waals surface area (Å²) < 4.78 is 21.2. The maximum Gasteiger partial charge on any atom is 0.410 e. The number of carbonyl (C=O) groups is 1. The van der Waals surface area contributed by atoms with Crippen molar-refractivity contribution in [3.8, 4) is 0 Å². The predicted octanol–water partition coefficient (Wildman–Crippen LogP) is 3.56. The molecule has 2 unspecified atom stereocenters. The van der Waals surface area contributed by atoms with Crippen LogP contribution in [0, 0.1) is 5.92 Å². The van der Waals surface area contributed by atoms with E-state index in [1.54, 1.807) is 4.90 Å². The molecule has 1 rings (SSSR count). The van der Waals surface area contributed by atoms with Crippen molar-refractivity contribution in [2.45, 2.75) is 71.2 Å². The molecular formula is C16H30N2O3S. The minimum absolute atomic E-state index is 0.247. The van der Waals surface area contributed by atoms with Gasteiger partial charge in [-0.05, 0) is 60.8 Å². The SMILES string of the molecule is CC(C)(C)OC(=O)N1CCCC(/C=N/[S+]([O-])C(C)(C)C)CC1. The minimum atomic E-state index is -1.21. The normalized spacial score (nSPS) is 22.5. The summed E-state index contributed by atoms with van der Waals surface area (Å²) in [5, 5.41) is 0. The van der Waals surface area contributed by atoms with E-state index in [0.29, 0.717) is 13.1 Å². The van der Waals surface area contributed by atoms with Gasteiger partial charge in [0.25, 0.3) is 0 Å². The Morgan fingerprint density at radius 2 is 1.86 bits per heavy atom. The average Bonchev–Trinajstić information content (AvgIpc) is 2.58. The molecule has 0 saturated carbocycles. The third kappa shape index (κ3) is 7.01. The number of hydrogen-bond acceptors (Lipinski definition) is 4. The molecule has 1 fully saturated rings. The van der Waals surface area contributed by atoms with Crippen LogP contribution in [-0.4, -0.2) is 45.2 Å². The van der Waals surface area contributed by atoms with E-state index in [1.165, 1.54) is 0 Å². The van der Waals surface area contributed by atoms with Gasteiger partial charge in [0, 0.05) is 19.0 Å². The van der Waals surface area contributed by atoms with Crippen LogP contribution in [0.15, 0.2) is 4.40 Å². The first kappa shape index (κ1) is 19.3. The molecule has 0 aromatic heterocycles. The second kappa shape index (κ2) is 7.68. The molecule has 0 spiro atoms. The topological polar surface area (TPSA) is 65.0 Å². The third-order valence-electron chi connectivity index (χ3n) is 3.32. The van der Waals surface area contributed by atoms with Gasteiger partial charge < -0.3 is 14.2 Å².